The predicted octanol–water partition coefficient (Wildman–Crippen LogP) is 1.63. The van der Waals surface area contributed by atoms with Crippen LogP contribution in [0.3, 0.4) is 0 Å². The van der Waals surface area contributed by atoms with Crippen LogP contribution < -0.4 is 8.85 Å². The SMILES string of the molecule is N#Cc1ccc(O[SiH2]Oc2ccc(C#N)c(C#N)c2)cc1C#N. The van der Waals surface area contributed by atoms with E-state index in [4.69, 9.17) is 29.9 Å². The zero-order valence-electron chi connectivity index (χ0n) is 11.8. The van der Waals surface area contributed by atoms with E-state index < -0.39 is 10.0 Å². The van der Waals surface area contributed by atoms with Gasteiger partial charge in [-0.05, 0) is 36.4 Å². The highest BCUT2D eigenvalue weighted by Crippen LogP contribution is 2.18. The van der Waals surface area contributed by atoms with E-state index in [0.29, 0.717) is 11.5 Å². The zero-order valence-corrected chi connectivity index (χ0v) is 13.2. The summed E-state index contributed by atoms with van der Waals surface area (Å²) in [6.07, 6.45) is 0. The van der Waals surface area contributed by atoms with E-state index >= 15 is 0 Å². The van der Waals surface area contributed by atoms with Gasteiger partial charge < -0.3 is 8.85 Å². The third-order valence-corrected chi connectivity index (χ3v) is 3.82. The van der Waals surface area contributed by atoms with Crippen LogP contribution in [0.1, 0.15) is 22.3 Å². The van der Waals surface area contributed by atoms with Crippen molar-refractivity contribution in [3.8, 4) is 35.8 Å². The lowest BCUT2D eigenvalue weighted by Crippen LogP contribution is -2.11. The summed E-state index contributed by atoms with van der Waals surface area (Å²) in [5.74, 6) is 0.891. The molecule has 2 aromatic rings. The van der Waals surface area contributed by atoms with Crippen molar-refractivity contribution < 1.29 is 8.85 Å². The van der Waals surface area contributed by atoms with Gasteiger partial charge in [-0.25, -0.2) is 0 Å². The molecule has 0 saturated heterocycles. The van der Waals surface area contributed by atoms with Crippen molar-refractivity contribution in [3.05, 3.63) is 58.7 Å². The third kappa shape index (κ3) is 3.65. The first-order valence-corrected chi connectivity index (χ1v) is 7.51. The Kier molecular flexibility index (Phi) is 4.95. The highest BCUT2D eigenvalue weighted by Gasteiger charge is 2.06. The quantitative estimate of drug-likeness (QED) is 0.792. The summed E-state index contributed by atoms with van der Waals surface area (Å²) in [4.78, 5) is 0. The largest absolute Gasteiger partial charge is 0.516 e. The van der Waals surface area contributed by atoms with E-state index in [9.17, 15) is 0 Å². The summed E-state index contributed by atoms with van der Waals surface area (Å²) in [7, 11) is -1.45. The minimum absolute atomic E-state index is 0.240. The number of nitriles is 4. The molecule has 0 unspecified atom stereocenters. The molecule has 6 nitrogen and oxygen atoms in total. The van der Waals surface area contributed by atoms with Crippen molar-refractivity contribution in [2.24, 2.45) is 0 Å². The minimum Gasteiger partial charge on any atom is -0.516 e. The monoisotopic (exact) mass is 316 g/mol. The van der Waals surface area contributed by atoms with E-state index in [1.165, 1.54) is 24.3 Å². The summed E-state index contributed by atoms with van der Waals surface area (Å²) in [6.45, 7) is 0. The fourth-order valence-electron chi connectivity index (χ4n) is 1.77. The van der Waals surface area contributed by atoms with Gasteiger partial charge in [0.15, 0.2) is 0 Å². The molecule has 0 bridgehead atoms. The summed E-state index contributed by atoms with van der Waals surface area (Å²) >= 11 is 0. The molecule has 0 saturated carbocycles. The first-order chi connectivity index (χ1) is 11.2. The fourth-order valence-corrected chi connectivity index (χ4v) is 2.46. The molecule has 0 aliphatic carbocycles. The highest BCUT2D eigenvalue weighted by atomic mass is 28.3. The number of hydrogen-bond donors (Lipinski definition) is 0. The Bertz CT molecular complexity index is 838. The van der Waals surface area contributed by atoms with Gasteiger partial charge in [-0.1, -0.05) is 0 Å². The maximum Gasteiger partial charge on any atom is 0.427 e. The van der Waals surface area contributed by atoms with Gasteiger partial charge in [-0.15, -0.1) is 0 Å². The molecular weight excluding hydrogens is 308 g/mol. The molecule has 0 aliphatic rings. The van der Waals surface area contributed by atoms with E-state index in [0.717, 1.165) is 0 Å². The van der Waals surface area contributed by atoms with Gasteiger partial charge in [0.2, 0.25) is 0 Å². The Labute approximate surface area is 135 Å². The molecule has 0 N–H and O–H groups in total. The lowest BCUT2D eigenvalue weighted by atomic mass is 10.1. The molecule has 7 heteroatoms. The van der Waals surface area contributed by atoms with Crippen LogP contribution in [-0.2, 0) is 0 Å². The average molecular weight is 316 g/mol. The van der Waals surface area contributed by atoms with Gasteiger partial charge in [0.05, 0.1) is 22.3 Å². The van der Waals surface area contributed by atoms with E-state index in [-0.39, 0.29) is 22.3 Å². The second-order valence-corrected chi connectivity index (χ2v) is 5.08. The Morgan fingerprint density at radius 1 is 0.609 bits per heavy atom. The summed E-state index contributed by atoms with van der Waals surface area (Å²) in [5, 5.41) is 35.6. The topological polar surface area (TPSA) is 114 Å². The second-order valence-electron chi connectivity index (χ2n) is 4.27. The normalized spacial score (nSPS) is 8.87. The van der Waals surface area contributed by atoms with E-state index in [2.05, 4.69) is 0 Å². The average Bonchev–Trinajstić information content (AvgIpc) is 2.61. The predicted molar refractivity (Wildman–Crippen MR) is 81.5 cm³/mol. The molecule has 2 rings (SSSR count). The van der Waals surface area contributed by atoms with Crippen molar-refractivity contribution >= 4 is 10.0 Å². The first kappa shape index (κ1) is 15.6. The summed E-state index contributed by atoms with van der Waals surface area (Å²) < 4.78 is 11.0. The Hall–Kier alpha value is -3.78. The molecular formula is C16H8N4O2Si. The van der Waals surface area contributed by atoms with Crippen LogP contribution in [0, 0.1) is 45.3 Å². The number of rotatable bonds is 4. The van der Waals surface area contributed by atoms with Gasteiger partial charge in [0.1, 0.15) is 35.8 Å². The smallest absolute Gasteiger partial charge is 0.427 e. The van der Waals surface area contributed by atoms with Gasteiger partial charge in [-0.2, -0.15) is 21.0 Å². The summed E-state index contributed by atoms with van der Waals surface area (Å²) in [5.41, 5.74) is 1.05. The Balaban J connectivity index is 2.04. The van der Waals surface area contributed by atoms with E-state index in [1.807, 2.05) is 24.3 Å². The lowest BCUT2D eigenvalue weighted by molar-refractivity contribution is 0.459. The van der Waals surface area contributed by atoms with Crippen molar-refractivity contribution in [1.29, 1.82) is 21.0 Å². The van der Waals surface area contributed by atoms with Crippen LogP contribution in [0.5, 0.6) is 11.5 Å². The molecule has 0 spiro atoms. The molecule has 108 valence electrons. The number of hydrogen-bond acceptors (Lipinski definition) is 6. The van der Waals surface area contributed by atoms with E-state index in [1.54, 1.807) is 12.1 Å². The van der Waals surface area contributed by atoms with Crippen LogP contribution in [0.2, 0.25) is 0 Å². The third-order valence-electron chi connectivity index (χ3n) is 2.92. The highest BCUT2D eigenvalue weighted by molar-refractivity contribution is 6.20. The van der Waals surface area contributed by atoms with Gasteiger partial charge in [0.25, 0.3) is 0 Å². The lowest BCUT2D eigenvalue weighted by Gasteiger charge is -2.09. The Morgan fingerprint density at radius 3 is 1.35 bits per heavy atom. The molecule has 23 heavy (non-hydrogen) atoms. The number of nitrogens with zero attached hydrogens (tertiary/aromatic N) is 4. The van der Waals surface area contributed by atoms with Crippen molar-refractivity contribution in [2.45, 2.75) is 0 Å². The first-order valence-electron chi connectivity index (χ1n) is 6.36. The van der Waals surface area contributed by atoms with Gasteiger partial charge in [-0.3, -0.25) is 0 Å². The maximum atomic E-state index is 8.95. The number of benzene rings is 2. The summed E-state index contributed by atoms with van der Waals surface area (Å²) in [6, 6.07) is 16.9. The van der Waals surface area contributed by atoms with Crippen molar-refractivity contribution in [2.75, 3.05) is 0 Å². The van der Waals surface area contributed by atoms with Crippen molar-refractivity contribution in [1.82, 2.24) is 0 Å². The van der Waals surface area contributed by atoms with Crippen LogP contribution in [-0.4, -0.2) is 10.0 Å². The second kappa shape index (κ2) is 7.29. The standard InChI is InChI=1S/C16H8N4O2Si/c17-7-11-1-3-15(5-13(11)9-19)21-23-22-16-4-2-12(8-18)14(6-16)10-20/h1-6H,23H2. The molecule has 0 atom stereocenters. The molecule has 0 amide bonds. The molecule has 0 aliphatic heterocycles. The molecule has 0 fully saturated rings. The van der Waals surface area contributed by atoms with Crippen LogP contribution in [0.4, 0.5) is 0 Å². The zero-order chi connectivity index (χ0) is 16.7. The Morgan fingerprint density at radius 2 is 1.00 bits per heavy atom. The fraction of sp³-hybridized carbons (Fsp3) is 0. The minimum atomic E-state index is -1.45. The molecule has 0 aromatic heterocycles. The van der Waals surface area contributed by atoms with Gasteiger partial charge >= 0.3 is 10.0 Å². The van der Waals surface area contributed by atoms with Crippen LogP contribution in [0.25, 0.3) is 0 Å². The molecule has 0 radical (unpaired) electrons. The van der Waals surface area contributed by atoms with Crippen LogP contribution >= 0.6 is 0 Å². The molecule has 0 heterocycles. The van der Waals surface area contributed by atoms with Crippen LogP contribution in [0.15, 0.2) is 36.4 Å². The van der Waals surface area contributed by atoms with Gasteiger partial charge in [0, 0.05) is 0 Å². The van der Waals surface area contributed by atoms with Crippen molar-refractivity contribution in [3.63, 3.8) is 0 Å². The molecule has 2 aromatic carbocycles. The maximum absolute atomic E-state index is 8.95.